The van der Waals surface area contributed by atoms with Crippen LogP contribution >= 0.6 is 24.0 Å². The highest BCUT2D eigenvalue weighted by Crippen LogP contribution is 2.27. The van der Waals surface area contributed by atoms with E-state index in [0.717, 1.165) is 10.6 Å². The maximum Gasteiger partial charge on any atom is 0.0765 e. The molecule has 2 rings (SSSR count). The quantitative estimate of drug-likeness (QED) is 0.779. The standard InChI is InChI=1S/C11H16ClN3O.ClH/c1-16-6-9-10(11(13)15-14-9)7-3-2-4-8(12)5-7;/h2-5,9-11,14-15H,6,13H2,1H3;1H. The Morgan fingerprint density at radius 2 is 2.18 bits per heavy atom. The summed E-state index contributed by atoms with van der Waals surface area (Å²) in [5.41, 5.74) is 13.3. The van der Waals surface area contributed by atoms with Crippen LogP contribution < -0.4 is 16.6 Å². The lowest BCUT2D eigenvalue weighted by Gasteiger charge is -2.20. The molecule has 4 nitrogen and oxygen atoms in total. The number of nitrogens with one attached hydrogen (secondary N) is 2. The van der Waals surface area contributed by atoms with Crippen molar-refractivity contribution in [3.05, 3.63) is 34.9 Å². The Bertz CT molecular complexity index is 362. The molecule has 1 aromatic rings. The lowest BCUT2D eigenvalue weighted by Crippen LogP contribution is -2.38. The van der Waals surface area contributed by atoms with Crippen LogP contribution in [0.5, 0.6) is 0 Å². The molecule has 1 fully saturated rings. The molecule has 0 bridgehead atoms. The van der Waals surface area contributed by atoms with Gasteiger partial charge in [0.15, 0.2) is 0 Å². The summed E-state index contributed by atoms with van der Waals surface area (Å²) < 4.78 is 5.17. The van der Waals surface area contributed by atoms with Crippen LogP contribution in [0.4, 0.5) is 0 Å². The van der Waals surface area contributed by atoms with E-state index in [2.05, 4.69) is 10.9 Å². The van der Waals surface area contributed by atoms with E-state index in [1.165, 1.54) is 0 Å². The average Bonchev–Trinajstić information content (AvgIpc) is 2.60. The summed E-state index contributed by atoms with van der Waals surface area (Å²) in [5, 5.41) is 0.729. The van der Waals surface area contributed by atoms with E-state index in [1.807, 2.05) is 24.3 Å². The number of ether oxygens (including phenoxy) is 1. The van der Waals surface area contributed by atoms with Crippen LogP contribution in [-0.2, 0) is 4.74 Å². The third-order valence-corrected chi connectivity index (χ3v) is 3.07. The van der Waals surface area contributed by atoms with Crippen LogP contribution in [0.25, 0.3) is 0 Å². The molecule has 3 atom stereocenters. The fourth-order valence-electron chi connectivity index (χ4n) is 2.11. The molecule has 96 valence electrons. The molecule has 17 heavy (non-hydrogen) atoms. The summed E-state index contributed by atoms with van der Waals surface area (Å²) in [5.74, 6) is 0.165. The Labute approximate surface area is 112 Å². The number of rotatable bonds is 3. The largest absolute Gasteiger partial charge is 0.383 e. The van der Waals surface area contributed by atoms with Gasteiger partial charge in [0.25, 0.3) is 0 Å². The van der Waals surface area contributed by atoms with Gasteiger partial charge in [-0.1, -0.05) is 23.7 Å². The van der Waals surface area contributed by atoms with Crippen molar-refractivity contribution in [1.82, 2.24) is 10.9 Å². The number of hydrogen-bond donors (Lipinski definition) is 3. The van der Waals surface area contributed by atoms with Gasteiger partial charge >= 0.3 is 0 Å². The van der Waals surface area contributed by atoms with Gasteiger partial charge in [0.2, 0.25) is 0 Å². The zero-order valence-corrected chi connectivity index (χ0v) is 11.1. The Hall–Kier alpha value is -0.360. The molecule has 1 aromatic carbocycles. The Balaban J connectivity index is 0.00000144. The van der Waals surface area contributed by atoms with Crippen molar-refractivity contribution in [3.8, 4) is 0 Å². The molecular weight excluding hydrogens is 261 g/mol. The van der Waals surface area contributed by atoms with E-state index >= 15 is 0 Å². The molecule has 0 saturated carbocycles. The highest BCUT2D eigenvalue weighted by Gasteiger charge is 2.34. The zero-order valence-electron chi connectivity index (χ0n) is 9.52. The van der Waals surface area contributed by atoms with Crippen LogP contribution in [-0.4, -0.2) is 25.9 Å². The van der Waals surface area contributed by atoms with Crippen LogP contribution in [0, 0.1) is 0 Å². The average molecular weight is 278 g/mol. The predicted octanol–water partition coefficient (Wildman–Crippen LogP) is 1.25. The molecule has 0 aromatic heterocycles. The first-order valence-corrected chi connectivity index (χ1v) is 5.61. The van der Waals surface area contributed by atoms with Crippen LogP contribution in [0.3, 0.4) is 0 Å². The lowest BCUT2D eigenvalue weighted by molar-refractivity contribution is 0.165. The third kappa shape index (κ3) is 3.31. The van der Waals surface area contributed by atoms with Crippen molar-refractivity contribution in [2.75, 3.05) is 13.7 Å². The lowest BCUT2D eigenvalue weighted by atomic mass is 9.91. The first kappa shape index (κ1) is 14.7. The van der Waals surface area contributed by atoms with E-state index in [-0.39, 0.29) is 30.5 Å². The Morgan fingerprint density at radius 1 is 1.41 bits per heavy atom. The van der Waals surface area contributed by atoms with Crippen molar-refractivity contribution >= 4 is 24.0 Å². The molecule has 0 spiro atoms. The summed E-state index contributed by atoms with van der Waals surface area (Å²) in [6.07, 6.45) is -0.126. The maximum absolute atomic E-state index is 6.01. The van der Waals surface area contributed by atoms with E-state index in [9.17, 15) is 0 Å². The second kappa shape index (κ2) is 6.54. The van der Waals surface area contributed by atoms with Crippen molar-refractivity contribution in [3.63, 3.8) is 0 Å². The SMILES string of the molecule is COCC1NNC(N)C1c1cccc(Cl)c1.Cl. The molecule has 0 aliphatic carbocycles. The summed E-state index contributed by atoms with van der Waals surface area (Å²) >= 11 is 5.98. The summed E-state index contributed by atoms with van der Waals surface area (Å²) in [7, 11) is 1.68. The monoisotopic (exact) mass is 277 g/mol. The summed E-state index contributed by atoms with van der Waals surface area (Å²) in [6.45, 7) is 0.609. The van der Waals surface area contributed by atoms with Gasteiger partial charge in [0, 0.05) is 18.1 Å². The number of nitrogens with two attached hydrogens (primary N) is 1. The predicted molar refractivity (Wildman–Crippen MR) is 71.4 cm³/mol. The van der Waals surface area contributed by atoms with Gasteiger partial charge < -0.3 is 10.5 Å². The molecule has 1 saturated heterocycles. The third-order valence-electron chi connectivity index (χ3n) is 2.84. The topological polar surface area (TPSA) is 59.3 Å². The molecule has 4 N–H and O–H groups in total. The van der Waals surface area contributed by atoms with Crippen molar-refractivity contribution in [2.45, 2.75) is 18.1 Å². The Kier molecular flexibility index (Phi) is 5.66. The molecule has 0 radical (unpaired) electrons. The molecule has 1 aliphatic rings. The van der Waals surface area contributed by atoms with Gasteiger partial charge in [0.05, 0.1) is 18.8 Å². The van der Waals surface area contributed by atoms with Gasteiger partial charge in [-0.3, -0.25) is 5.43 Å². The maximum atomic E-state index is 6.01. The Morgan fingerprint density at radius 3 is 2.82 bits per heavy atom. The van der Waals surface area contributed by atoms with Crippen molar-refractivity contribution < 1.29 is 4.74 Å². The molecule has 0 amide bonds. The van der Waals surface area contributed by atoms with E-state index in [0.29, 0.717) is 6.61 Å². The van der Waals surface area contributed by atoms with Crippen LogP contribution in [0.2, 0.25) is 5.02 Å². The van der Waals surface area contributed by atoms with E-state index in [1.54, 1.807) is 7.11 Å². The minimum Gasteiger partial charge on any atom is -0.383 e. The molecule has 6 heteroatoms. The van der Waals surface area contributed by atoms with Crippen LogP contribution in [0.1, 0.15) is 11.5 Å². The van der Waals surface area contributed by atoms with Crippen molar-refractivity contribution in [2.24, 2.45) is 5.73 Å². The molecule has 1 heterocycles. The number of hydrazine groups is 1. The van der Waals surface area contributed by atoms with Crippen LogP contribution in [0.15, 0.2) is 24.3 Å². The van der Waals surface area contributed by atoms with Crippen molar-refractivity contribution in [1.29, 1.82) is 0 Å². The first-order chi connectivity index (χ1) is 7.72. The molecular formula is C11H17Cl2N3O. The normalized spacial score (nSPS) is 27.8. The fraction of sp³-hybridized carbons (Fsp3) is 0.455. The first-order valence-electron chi connectivity index (χ1n) is 5.23. The molecule has 1 aliphatic heterocycles. The minimum atomic E-state index is -0.126. The number of methoxy groups -OCH3 is 1. The summed E-state index contributed by atoms with van der Waals surface area (Å²) in [4.78, 5) is 0. The van der Waals surface area contributed by atoms with Gasteiger partial charge in [-0.2, -0.15) is 0 Å². The van der Waals surface area contributed by atoms with Gasteiger partial charge in [0.1, 0.15) is 0 Å². The van der Waals surface area contributed by atoms with Gasteiger partial charge in [-0.25, -0.2) is 5.43 Å². The van der Waals surface area contributed by atoms with Gasteiger partial charge in [-0.05, 0) is 17.7 Å². The number of hydrogen-bond acceptors (Lipinski definition) is 4. The molecule has 3 unspecified atom stereocenters. The smallest absolute Gasteiger partial charge is 0.0765 e. The minimum absolute atomic E-state index is 0. The second-order valence-electron chi connectivity index (χ2n) is 3.96. The summed E-state index contributed by atoms with van der Waals surface area (Å²) in [6, 6.07) is 7.94. The fourth-order valence-corrected chi connectivity index (χ4v) is 2.31. The number of halogens is 2. The van der Waals surface area contributed by atoms with E-state index in [4.69, 9.17) is 22.1 Å². The van der Waals surface area contributed by atoms with E-state index < -0.39 is 0 Å². The second-order valence-corrected chi connectivity index (χ2v) is 4.39. The zero-order chi connectivity index (χ0) is 11.5. The highest BCUT2D eigenvalue weighted by molar-refractivity contribution is 6.30. The van der Waals surface area contributed by atoms with Gasteiger partial charge in [-0.15, -0.1) is 12.4 Å². The highest BCUT2D eigenvalue weighted by atomic mass is 35.5. The number of benzene rings is 1.